The predicted octanol–water partition coefficient (Wildman–Crippen LogP) is 6.78. The van der Waals surface area contributed by atoms with E-state index >= 15 is 0 Å². The normalized spacial score (nSPS) is 11.0. The van der Waals surface area contributed by atoms with Gasteiger partial charge in [-0.05, 0) is 61.0 Å². The van der Waals surface area contributed by atoms with Gasteiger partial charge in [0.05, 0.1) is 16.2 Å². The number of fused-ring (bicyclic) bond motifs is 1. The van der Waals surface area contributed by atoms with E-state index in [-0.39, 0.29) is 5.78 Å². The molecule has 0 unspecified atom stereocenters. The van der Waals surface area contributed by atoms with E-state index in [0.29, 0.717) is 21.2 Å². The van der Waals surface area contributed by atoms with Crippen LogP contribution >= 0.6 is 23.2 Å². The van der Waals surface area contributed by atoms with Gasteiger partial charge in [0.25, 0.3) is 0 Å². The van der Waals surface area contributed by atoms with Crippen LogP contribution in [-0.4, -0.2) is 17.8 Å². The van der Waals surface area contributed by atoms with Gasteiger partial charge in [-0.2, -0.15) is 0 Å². The second-order valence-electron chi connectivity index (χ2n) is 6.73. The molecule has 0 aliphatic heterocycles. The number of ketones is 1. The maximum Gasteiger partial charge on any atom is 0.194 e. The topological polar surface area (TPSA) is 36.1 Å². The minimum absolute atomic E-state index is 0.111. The summed E-state index contributed by atoms with van der Waals surface area (Å²) in [6.45, 7) is 1.87. The van der Waals surface area contributed by atoms with Crippen LogP contribution in [0, 0.1) is 6.92 Å². The number of hydrogen-bond donors (Lipinski definition) is 1. The number of anilines is 2. The SMILES string of the molecule is Cc1cc(Cl)ccc1C(=O)c1ccc(N(C)c2cccc3cc[nH]c23)cc1Cl. The summed E-state index contributed by atoms with van der Waals surface area (Å²) in [5, 5.41) is 2.17. The van der Waals surface area contributed by atoms with Crippen LogP contribution in [0.3, 0.4) is 0 Å². The third kappa shape index (κ3) is 3.28. The Bertz CT molecular complexity index is 1200. The van der Waals surface area contributed by atoms with Crippen molar-refractivity contribution < 1.29 is 4.79 Å². The predicted molar refractivity (Wildman–Crippen MR) is 117 cm³/mol. The highest BCUT2D eigenvalue weighted by Crippen LogP contribution is 2.33. The number of rotatable bonds is 4. The highest BCUT2D eigenvalue weighted by molar-refractivity contribution is 6.35. The van der Waals surface area contributed by atoms with Crippen molar-refractivity contribution in [3.63, 3.8) is 0 Å². The van der Waals surface area contributed by atoms with E-state index in [1.807, 2.05) is 55.4 Å². The molecular formula is C23H18Cl2N2O. The molecule has 5 heteroatoms. The van der Waals surface area contributed by atoms with Crippen LogP contribution in [0.25, 0.3) is 10.9 Å². The van der Waals surface area contributed by atoms with Gasteiger partial charge in [0.1, 0.15) is 0 Å². The molecule has 0 spiro atoms. The van der Waals surface area contributed by atoms with Gasteiger partial charge in [-0.15, -0.1) is 0 Å². The monoisotopic (exact) mass is 408 g/mol. The van der Waals surface area contributed by atoms with E-state index in [1.54, 1.807) is 24.3 Å². The number of aryl methyl sites for hydroxylation is 1. The Morgan fingerprint density at radius 2 is 1.75 bits per heavy atom. The van der Waals surface area contributed by atoms with Crippen LogP contribution in [0.5, 0.6) is 0 Å². The van der Waals surface area contributed by atoms with Gasteiger partial charge in [-0.1, -0.05) is 35.3 Å². The lowest BCUT2D eigenvalue weighted by atomic mass is 9.99. The third-order valence-corrected chi connectivity index (χ3v) is 5.49. The zero-order valence-corrected chi connectivity index (χ0v) is 17.0. The van der Waals surface area contributed by atoms with Crippen LogP contribution in [-0.2, 0) is 0 Å². The summed E-state index contributed by atoms with van der Waals surface area (Å²) in [7, 11) is 1.98. The van der Waals surface area contributed by atoms with Crippen LogP contribution in [0.15, 0.2) is 66.9 Å². The molecule has 3 nitrogen and oxygen atoms in total. The number of para-hydroxylation sites is 1. The van der Waals surface area contributed by atoms with Crippen molar-refractivity contribution in [1.29, 1.82) is 0 Å². The number of carbonyl (C=O) groups is 1. The van der Waals surface area contributed by atoms with Gasteiger partial charge < -0.3 is 9.88 Å². The van der Waals surface area contributed by atoms with Gasteiger partial charge in [0.2, 0.25) is 0 Å². The number of aromatic amines is 1. The Kier molecular flexibility index (Phi) is 4.88. The summed E-state index contributed by atoms with van der Waals surface area (Å²) in [5.74, 6) is -0.111. The maximum atomic E-state index is 12.9. The highest BCUT2D eigenvalue weighted by atomic mass is 35.5. The molecule has 0 atom stereocenters. The Hall–Kier alpha value is -2.75. The maximum absolute atomic E-state index is 12.9. The summed E-state index contributed by atoms with van der Waals surface area (Å²) >= 11 is 12.5. The second-order valence-corrected chi connectivity index (χ2v) is 7.57. The lowest BCUT2D eigenvalue weighted by Gasteiger charge is -2.21. The molecule has 0 saturated carbocycles. The molecule has 0 radical (unpaired) electrons. The number of hydrogen-bond acceptors (Lipinski definition) is 2. The van der Waals surface area contributed by atoms with Gasteiger partial charge >= 0.3 is 0 Å². The van der Waals surface area contributed by atoms with Crippen LogP contribution in [0.2, 0.25) is 10.0 Å². The molecule has 3 aromatic carbocycles. The fourth-order valence-corrected chi connectivity index (χ4v) is 3.90. The molecular weight excluding hydrogens is 391 g/mol. The fourth-order valence-electron chi connectivity index (χ4n) is 3.41. The van der Waals surface area contributed by atoms with Crippen LogP contribution < -0.4 is 4.90 Å². The van der Waals surface area contributed by atoms with Crippen molar-refractivity contribution >= 4 is 51.3 Å². The van der Waals surface area contributed by atoms with Crippen molar-refractivity contribution in [2.24, 2.45) is 0 Å². The zero-order valence-electron chi connectivity index (χ0n) is 15.5. The molecule has 28 heavy (non-hydrogen) atoms. The van der Waals surface area contributed by atoms with E-state index in [0.717, 1.165) is 27.8 Å². The lowest BCUT2D eigenvalue weighted by molar-refractivity contribution is 0.103. The average Bonchev–Trinajstić information content (AvgIpc) is 3.15. The molecule has 0 aliphatic carbocycles. The molecule has 0 amide bonds. The number of halogens is 2. The Balaban J connectivity index is 1.70. The molecule has 1 aromatic heterocycles. The Morgan fingerprint density at radius 1 is 0.964 bits per heavy atom. The molecule has 140 valence electrons. The number of nitrogens with zero attached hydrogens (tertiary/aromatic N) is 1. The first-order chi connectivity index (χ1) is 13.5. The molecule has 0 bridgehead atoms. The minimum Gasteiger partial charge on any atom is -0.359 e. The van der Waals surface area contributed by atoms with Crippen molar-refractivity contribution in [2.75, 3.05) is 11.9 Å². The molecule has 0 fully saturated rings. The van der Waals surface area contributed by atoms with Gasteiger partial charge in [0.15, 0.2) is 5.78 Å². The van der Waals surface area contributed by atoms with Crippen LogP contribution in [0.1, 0.15) is 21.5 Å². The Labute approximate surface area is 173 Å². The first kappa shape index (κ1) is 18.6. The van der Waals surface area contributed by atoms with Crippen molar-refractivity contribution in [3.8, 4) is 0 Å². The number of carbonyl (C=O) groups excluding carboxylic acids is 1. The molecule has 1 heterocycles. The number of nitrogens with one attached hydrogen (secondary N) is 1. The van der Waals surface area contributed by atoms with E-state index < -0.39 is 0 Å². The summed E-state index contributed by atoms with van der Waals surface area (Å²) in [4.78, 5) is 18.3. The molecule has 0 aliphatic rings. The second kappa shape index (κ2) is 7.34. The van der Waals surface area contributed by atoms with Crippen molar-refractivity contribution in [1.82, 2.24) is 4.98 Å². The number of aromatic nitrogens is 1. The summed E-state index contributed by atoms with van der Waals surface area (Å²) < 4.78 is 0. The van der Waals surface area contributed by atoms with Gasteiger partial charge in [-0.25, -0.2) is 0 Å². The largest absolute Gasteiger partial charge is 0.359 e. The fraction of sp³-hybridized carbons (Fsp3) is 0.0870. The summed E-state index contributed by atoms with van der Waals surface area (Å²) in [6.07, 6.45) is 1.92. The molecule has 4 aromatic rings. The molecule has 4 rings (SSSR count). The van der Waals surface area contributed by atoms with E-state index in [9.17, 15) is 4.79 Å². The van der Waals surface area contributed by atoms with Gasteiger partial charge in [-0.3, -0.25) is 4.79 Å². The van der Waals surface area contributed by atoms with E-state index in [2.05, 4.69) is 11.1 Å². The quantitative estimate of drug-likeness (QED) is 0.377. The van der Waals surface area contributed by atoms with E-state index in [1.165, 1.54) is 0 Å². The van der Waals surface area contributed by atoms with Gasteiger partial charge in [0, 0.05) is 40.5 Å². The number of H-pyrrole nitrogens is 1. The molecule has 1 N–H and O–H groups in total. The standard InChI is InChI=1S/C23H18Cl2N2O/c1-14-12-16(24)6-8-18(14)23(28)19-9-7-17(13-20(19)25)27(2)21-5-3-4-15-10-11-26-22(15)21/h3-13,26H,1-2H3. The third-order valence-electron chi connectivity index (χ3n) is 4.94. The summed E-state index contributed by atoms with van der Waals surface area (Å²) in [5.41, 5.74) is 4.89. The zero-order chi connectivity index (χ0) is 19.8. The smallest absolute Gasteiger partial charge is 0.194 e. The van der Waals surface area contributed by atoms with Crippen molar-refractivity contribution in [2.45, 2.75) is 6.92 Å². The molecule has 0 saturated heterocycles. The van der Waals surface area contributed by atoms with Crippen molar-refractivity contribution in [3.05, 3.63) is 93.6 Å². The first-order valence-corrected chi connectivity index (χ1v) is 9.61. The van der Waals surface area contributed by atoms with E-state index in [4.69, 9.17) is 23.2 Å². The average molecular weight is 409 g/mol. The highest BCUT2D eigenvalue weighted by Gasteiger charge is 2.17. The number of benzene rings is 3. The van der Waals surface area contributed by atoms with Crippen LogP contribution in [0.4, 0.5) is 11.4 Å². The lowest BCUT2D eigenvalue weighted by Crippen LogP contribution is -2.11. The minimum atomic E-state index is -0.111. The first-order valence-electron chi connectivity index (χ1n) is 8.86. The Morgan fingerprint density at radius 3 is 2.50 bits per heavy atom. The summed E-state index contributed by atoms with van der Waals surface area (Å²) in [6, 6.07) is 18.9.